The highest BCUT2D eigenvalue weighted by Crippen LogP contribution is 2.50. The van der Waals surface area contributed by atoms with Gasteiger partial charge in [-0.3, -0.25) is 0 Å². The molecule has 2 rings (SSSR count). The first kappa shape index (κ1) is 7.64. The zero-order chi connectivity index (χ0) is 7.73. The van der Waals surface area contributed by atoms with E-state index in [2.05, 4.69) is 6.92 Å². The molecule has 64 valence electrons. The third-order valence-electron chi connectivity index (χ3n) is 3.85. The van der Waals surface area contributed by atoms with Gasteiger partial charge in [0.15, 0.2) is 0 Å². The van der Waals surface area contributed by atoms with Crippen molar-refractivity contribution < 1.29 is 0 Å². The fourth-order valence-electron chi connectivity index (χ4n) is 3.35. The van der Waals surface area contributed by atoms with Crippen LogP contribution in [0.25, 0.3) is 0 Å². The SMILES string of the molecule is C[C@@H]1CCCC2(CCCC2)C1. The average Bonchev–Trinajstić information content (AvgIpc) is 2.37. The molecular weight excluding hydrogens is 132 g/mol. The molecule has 0 heterocycles. The van der Waals surface area contributed by atoms with Gasteiger partial charge in [0.1, 0.15) is 0 Å². The van der Waals surface area contributed by atoms with E-state index in [1.54, 1.807) is 25.7 Å². The molecule has 0 amide bonds. The summed E-state index contributed by atoms with van der Waals surface area (Å²) >= 11 is 0. The van der Waals surface area contributed by atoms with Crippen LogP contribution >= 0.6 is 0 Å². The molecule has 0 aromatic carbocycles. The largest absolute Gasteiger partial charge is 0.0625 e. The molecule has 0 unspecified atom stereocenters. The molecule has 11 heavy (non-hydrogen) atoms. The van der Waals surface area contributed by atoms with Gasteiger partial charge in [-0.1, -0.05) is 32.6 Å². The van der Waals surface area contributed by atoms with Crippen LogP contribution in [0.3, 0.4) is 0 Å². The molecule has 0 saturated heterocycles. The van der Waals surface area contributed by atoms with Gasteiger partial charge in [-0.2, -0.15) is 0 Å². The molecule has 2 aliphatic carbocycles. The smallest absolute Gasteiger partial charge is 0.0295 e. The summed E-state index contributed by atoms with van der Waals surface area (Å²) in [5, 5.41) is 0. The van der Waals surface area contributed by atoms with E-state index in [9.17, 15) is 0 Å². The zero-order valence-corrected chi connectivity index (χ0v) is 7.73. The van der Waals surface area contributed by atoms with E-state index in [1.165, 1.54) is 25.7 Å². The first-order chi connectivity index (χ1) is 5.31. The summed E-state index contributed by atoms with van der Waals surface area (Å²) in [4.78, 5) is 0. The maximum absolute atomic E-state index is 2.44. The highest BCUT2D eigenvalue weighted by Gasteiger charge is 2.36. The van der Waals surface area contributed by atoms with Gasteiger partial charge in [0.2, 0.25) is 0 Å². The lowest BCUT2D eigenvalue weighted by Gasteiger charge is -2.36. The van der Waals surface area contributed by atoms with Gasteiger partial charge in [-0.05, 0) is 37.0 Å². The lowest BCUT2D eigenvalue weighted by atomic mass is 9.69. The second-order valence-electron chi connectivity index (χ2n) is 4.91. The van der Waals surface area contributed by atoms with Gasteiger partial charge in [-0.25, -0.2) is 0 Å². The summed E-state index contributed by atoms with van der Waals surface area (Å²) in [5.74, 6) is 1.03. The topological polar surface area (TPSA) is 0 Å². The van der Waals surface area contributed by atoms with Gasteiger partial charge in [0, 0.05) is 0 Å². The minimum atomic E-state index is 0.845. The molecule has 0 radical (unpaired) electrons. The second kappa shape index (κ2) is 2.80. The van der Waals surface area contributed by atoms with Gasteiger partial charge in [-0.15, -0.1) is 0 Å². The maximum atomic E-state index is 2.44. The van der Waals surface area contributed by atoms with Crippen molar-refractivity contribution in [3.63, 3.8) is 0 Å². The van der Waals surface area contributed by atoms with Crippen LogP contribution in [0, 0.1) is 11.3 Å². The molecule has 0 aliphatic heterocycles. The average molecular weight is 152 g/mol. The van der Waals surface area contributed by atoms with Gasteiger partial charge in [0.25, 0.3) is 0 Å². The predicted octanol–water partition coefficient (Wildman–Crippen LogP) is 3.76. The van der Waals surface area contributed by atoms with Crippen molar-refractivity contribution in [2.24, 2.45) is 11.3 Å². The lowest BCUT2D eigenvalue weighted by molar-refractivity contribution is 0.153. The van der Waals surface area contributed by atoms with Crippen LogP contribution in [-0.4, -0.2) is 0 Å². The van der Waals surface area contributed by atoms with E-state index >= 15 is 0 Å². The Balaban J connectivity index is 2.00. The van der Waals surface area contributed by atoms with Crippen LogP contribution in [0.1, 0.15) is 58.3 Å². The fraction of sp³-hybridized carbons (Fsp3) is 1.00. The molecule has 1 spiro atoms. The fourth-order valence-corrected chi connectivity index (χ4v) is 3.35. The Hall–Kier alpha value is 0. The Morgan fingerprint density at radius 1 is 1.00 bits per heavy atom. The second-order valence-corrected chi connectivity index (χ2v) is 4.91. The van der Waals surface area contributed by atoms with Crippen LogP contribution in [0.2, 0.25) is 0 Å². The first-order valence-electron chi connectivity index (χ1n) is 5.31. The summed E-state index contributed by atoms with van der Waals surface area (Å²) in [7, 11) is 0. The van der Waals surface area contributed by atoms with Crippen LogP contribution in [-0.2, 0) is 0 Å². The molecule has 1 atom stereocenters. The Bertz CT molecular complexity index is 131. The molecule has 2 saturated carbocycles. The van der Waals surface area contributed by atoms with Crippen LogP contribution in [0.5, 0.6) is 0 Å². The van der Waals surface area contributed by atoms with Crippen molar-refractivity contribution in [2.45, 2.75) is 58.3 Å². The van der Waals surface area contributed by atoms with Crippen LogP contribution in [0.15, 0.2) is 0 Å². The zero-order valence-electron chi connectivity index (χ0n) is 7.73. The summed E-state index contributed by atoms with van der Waals surface area (Å²) < 4.78 is 0. The van der Waals surface area contributed by atoms with Crippen molar-refractivity contribution in [3.8, 4) is 0 Å². The van der Waals surface area contributed by atoms with E-state index in [1.807, 2.05) is 0 Å². The molecule has 2 aliphatic rings. The van der Waals surface area contributed by atoms with Gasteiger partial charge in [0.05, 0.1) is 0 Å². The predicted molar refractivity (Wildman–Crippen MR) is 48.5 cm³/mol. The third-order valence-corrected chi connectivity index (χ3v) is 3.85. The standard InChI is InChI=1S/C11H20/c1-10-5-4-8-11(9-10)6-2-3-7-11/h10H,2-9H2,1H3/t10-/m1/s1. The molecule has 2 fully saturated rings. The molecule has 0 nitrogen and oxygen atoms in total. The lowest BCUT2D eigenvalue weighted by Crippen LogP contribution is -2.24. The molecule has 0 N–H and O–H groups in total. The van der Waals surface area contributed by atoms with Crippen LogP contribution in [0.4, 0.5) is 0 Å². The molecule has 0 aromatic heterocycles. The Labute approximate surface area is 70.4 Å². The van der Waals surface area contributed by atoms with Gasteiger partial charge < -0.3 is 0 Å². The molecule has 0 heteroatoms. The van der Waals surface area contributed by atoms with E-state index in [-0.39, 0.29) is 0 Å². The molecular formula is C11H20. The summed E-state index contributed by atoms with van der Waals surface area (Å²) in [6.07, 6.45) is 12.3. The van der Waals surface area contributed by atoms with Gasteiger partial charge >= 0.3 is 0 Å². The Morgan fingerprint density at radius 2 is 1.64 bits per heavy atom. The van der Waals surface area contributed by atoms with Crippen molar-refractivity contribution in [3.05, 3.63) is 0 Å². The van der Waals surface area contributed by atoms with E-state index in [0.717, 1.165) is 11.3 Å². The summed E-state index contributed by atoms with van der Waals surface area (Å²) in [5.41, 5.74) is 0.845. The van der Waals surface area contributed by atoms with E-state index in [0.29, 0.717) is 0 Å². The molecule has 0 aromatic rings. The third kappa shape index (κ3) is 1.45. The number of hydrogen-bond donors (Lipinski definition) is 0. The summed E-state index contributed by atoms with van der Waals surface area (Å²) in [6, 6.07) is 0. The molecule has 0 bridgehead atoms. The van der Waals surface area contributed by atoms with Crippen molar-refractivity contribution >= 4 is 0 Å². The van der Waals surface area contributed by atoms with E-state index in [4.69, 9.17) is 0 Å². The quantitative estimate of drug-likeness (QED) is 0.496. The van der Waals surface area contributed by atoms with Crippen LogP contribution < -0.4 is 0 Å². The minimum absolute atomic E-state index is 0.845. The number of hydrogen-bond acceptors (Lipinski definition) is 0. The van der Waals surface area contributed by atoms with E-state index < -0.39 is 0 Å². The highest BCUT2D eigenvalue weighted by atomic mass is 14.4. The minimum Gasteiger partial charge on any atom is -0.0625 e. The summed E-state index contributed by atoms with van der Waals surface area (Å²) in [6.45, 7) is 2.44. The normalized spacial score (nSPS) is 36.3. The number of rotatable bonds is 0. The maximum Gasteiger partial charge on any atom is -0.0295 e. The first-order valence-corrected chi connectivity index (χ1v) is 5.31. The Kier molecular flexibility index (Phi) is 1.95. The van der Waals surface area contributed by atoms with Crippen molar-refractivity contribution in [2.75, 3.05) is 0 Å². The highest BCUT2D eigenvalue weighted by molar-refractivity contribution is 4.88. The monoisotopic (exact) mass is 152 g/mol. The van der Waals surface area contributed by atoms with Crippen molar-refractivity contribution in [1.29, 1.82) is 0 Å². The van der Waals surface area contributed by atoms with Crippen molar-refractivity contribution in [1.82, 2.24) is 0 Å². The Morgan fingerprint density at radius 3 is 2.27 bits per heavy atom.